The molecule has 2 rings (SSSR count). The van der Waals surface area contributed by atoms with Gasteiger partial charge < -0.3 is 10.4 Å². The molecule has 1 aromatic rings. The summed E-state index contributed by atoms with van der Waals surface area (Å²) < 4.78 is 0. The highest BCUT2D eigenvalue weighted by molar-refractivity contribution is 6.30. The first-order valence-corrected chi connectivity index (χ1v) is 6.78. The van der Waals surface area contributed by atoms with E-state index in [-0.39, 0.29) is 18.1 Å². The van der Waals surface area contributed by atoms with Crippen LogP contribution < -0.4 is 5.32 Å². The van der Waals surface area contributed by atoms with Gasteiger partial charge in [-0.15, -0.1) is 0 Å². The maximum absolute atomic E-state index is 12.1. The molecular formula is C13H18ClN3O2. The molecule has 2 heterocycles. The minimum Gasteiger partial charge on any atom is -0.392 e. The van der Waals surface area contributed by atoms with Gasteiger partial charge in [0.2, 0.25) is 5.91 Å². The summed E-state index contributed by atoms with van der Waals surface area (Å²) in [5.74, 6) is 0.364. The van der Waals surface area contributed by atoms with Gasteiger partial charge >= 0.3 is 0 Å². The molecule has 104 valence electrons. The van der Waals surface area contributed by atoms with Crippen LogP contribution in [-0.4, -0.2) is 46.1 Å². The lowest BCUT2D eigenvalue weighted by Crippen LogP contribution is -2.48. The summed E-state index contributed by atoms with van der Waals surface area (Å²) in [5, 5.41) is 12.9. The Bertz CT molecular complexity index is 438. The van der Waals surface area contributed by atoms with Crippen LogP contribution in [0.1, 0.15) is 19.8 Å². The zero-order valence-electron chi connectivity index (χ0n) is 10.8. The van der Waals surface area contributed by atoms with E-state index >= 15 is 0 Å². The summed E-state index contributed by atoms with van der Waals surface area (Å²) in [6.45, 7) is 3.21. The molecule has 1 aliphatic rings. The predicted octanol–water partition coefficient (Wildman–Crippen LogP) is 1.52. The second-order valence-corrected chi connectivity index (χ2v) is 5.25. The third-order valence-corrected chi connectivity index (χ3v) is 3.56. The van der Waals surface area contributed by atoms with Crippen molar-refractivity contribution in [1.29, 1.82) is 0 Å². The van der Waals surface area contributed by atoms with Crippen LogP contribution in [0.3, 0.4) is 0 Å². The van der Waals surface area contributed by atoms with E-state index in [9.17, 15) is 9.90 Å². The smallest absolute Gasteiger partial charge is 0.242 e. The fraction of sp³-hybridized carbons (Fsp3) is 0.538. The average molecular weight is 284 g/mol. The number of carbonyl (C=O) groups excluding carboxylic acids is 1. The number of β-amino-alcohol motifs (C(OH)–C–C–N with tert-alkyl or cyclic N) is 1. The van der Waals surface area contributed by atoms with E-state index in [1.165, 1.54) is 6.20 Å². The normalized spacial score (nSPS) is 21.9. The third kappa shape index (κ3) is 3.89. The second-order valence-electron chi connectivity index (χ2n) is 4.82. The highest BCUT2D eigenvalue weighted by Gasteiger charge is 2.26. The number of nitrogens with zero attached hydrogens (tertiary/aromatic N) is 2. The number of amides is 1. The molecule has 0 aliphatic carbocycles. The molecule has 0 aromatic carbocycles. The number of carbonyl (C=O) groups is 1. The number of hydrogen-bond donors (Lipinski definition) is 2. The zero-order chi connectivity index (χ0) is 13.8. The Labute approximate surface area is 117 Å². The number of hydrogen-bond acceptors (Lipinski definition) is 4. The summed E-state index contributed by atoms with van der Waals surface area (Å²) in [6.07, 6.45) is 2.88. The van der Waals surface area contributed by atoms with Crippen molar-refractivity contribution in [1.82, 2.24) is 9.88 Å². The number of anilines is 1. The molecule has 1 amide bonds. The first-order valence-electron chi connectivity index (χ1n) is 6.41. The summed E-state index contributed by atoms with van der Waals surface area (Å²) in [6, 6.07) is 3.06. The largest absolute Gasteiger partial charge is 0.392 e. The summed E-state index contributed by atoms with van der Waals surface area (Å²) in [5.41, 5.74) is 0. The Hall–Kier alpha value is -1.17. The van der Waals surface area contributed by atoms with E-state index < -0.39 is 0 Å². The molecular weight excluding hydrogens is 266 g/mol. The number of aliphatic hydroxyl groups excluding tert-OH is 1. The van der Waals surface area contributed by atoms with Crippen molar-refractivity contribution in [2.24, 2.45) is 0 Å². The molecule has 0 unspecified atom stereocenters. The van der Waals surface area contributed by atoms with Gasteiger partial charge in [-0.05, 0) is 38.4 Å². The Morgan fingerprint density at radius 2 is 2.42 bits per heavy atom. The van der Waals surface area contributed by atoms with E-state index in [1.807, 2.05) is 11.8 Å². The highest BCUT2D eigenvalue weighted by atomic mass is 35.5. The van der Waals surface area contributed by atoms with Crippen molar-refractivity contribution < 1.29 is 9.90 Å². The van der Waals surface area contributed by atoms with E-state index in [2.05, 4.69) is 10.3 Å². The topological polar surface area (TPSA) is 65.5 Å². The van der Waals surface area contributed by atoms with Gasteiger partial charge in [-0.25, -0.2) is 4.98 Å². The van der Waals surface area contributed by atoms with Crippen LogP contribution in [0.2, 0.25) is 5.02 Å². The van der Waals surface area contributed by atoms with Gasteiger partial charge in [0.15, 0.2) is 0 Å². The number of pyridine rings is 1. The average Bonchev–Trinajstić information content (AvgIpc) is 2.40. The minimum absolute atomic E-state index is 0.121. The lowest BCUT2D eigenvalue weighted by atomic mass is 10.1. The Balaban J connectivity index is 1.93. The molecule has 19 heavy (non-hydrogen) atoms. The summed E-state index contributed by atoms with van der Waals surface area (Å²) in [7, 11) is 0. The van der Waals surface area contributed by atoms with Crippen LogP contribution in [-0.2, 0) is 4.79 Å². The first-order chi connectivity index (χ1) is 9.06. The monoisotopic (exact) mass is 283 g/mol. The maximum atomic E-state index is 12.1. The van der Waals surface area contributed by atoms with Crippen LogP contribution in [0, 0.1) is 0 Å². The molecule has 0 spiro atoms. The lowest BCUT2D eigenvalue weighted by molar-refractivity contribution is -0.121. The van der Waals surface area contributed by atoms with Crippen molar-refractivity contribution in [3.05, 3.63) is 23.4 Å². The van der Waals surface area contributed by atoms with E-state index in [1.54, 1.807) is 12.1 Å². The number of rotatable bonds is 3. The Morgan fingerprint density at radius 3 is 3.05 bits per heavy atom. The van der Waals surface area contributed by atoms with Gasteiger partial charge in [0.05, 0.1) is 17.2 Å². The lowest BCUT2D eigenvalue weighted by Gasteiger charge is -2.33. The molecule has 1 saturated heterocycles. The molecule has 1 aromatic heterocycles. The molecule has 0 saturated carbocycles. The predicted molar refractivity (Wildman–Crippen MR) is 74.2 cm³/mol. The van der Waals surface area contributed by atoms with Gasteiger partial charge in [0.1, 0.15) is 5.82 Å². The fourth-order valence-corrected chi connectivity index (χ4v) is 2.29. The SMILES string of the molecule is C[C@@H](C(=O)Nc1ccc(Cl)cn1)N1CCC[C@@H](O)C1. The zero-order valence-corrected chi connectivity index (χ0v) is 11.6. The van der Waals surface area contributed by atoms with Crippen LogP contribution in [0.5, 0.6) is 0 Å². The van der Waals surface area contributed by atoms with Crippen molar-refractivity contribution in [2.45, 2.75) is 31.9 Å². The Kier molecular flexibility index (Phi) is 4.74. The quantitative estimate of drug-likeness (QED) is 0.883. The first kappa shape index (κ1) is 14.2. The number of halogens is 1. The van der Waals surface area contributed by atoms with Gasteiger partial charge in [0.25, 0.3) is 0 Å². The molecule has 1 fully saturated rings. The van der Waals surface area contributed by atoms with Gasteiger partial charge in [-0.2, -0.15) is 0 Å². The summed E-state index contributed by atoms with van der Waals surface area (Å²) in [4.78, 5) is 18.1. The summed E-state index contributed by atoms with van der Waals surface area (Å²) >= 11 is 5.74. The van der Waals surface area contributed by atoms with Gasteiger partial charge in [-0.1, -0.05) is 11.6 Å². The molecule has 0 radical (unpaired) electrons. The second kappa shape index (κ2) is 6.32. The molecule has 5 nitrogen and oxygen atoms in total. The van der Waals surface area contributed by atoms with Gasteiger partial charge in [-0.3, -0.25) is 9.69 Å². The minimum atomic E-state index is -0.336. The van der Waals surface area contributed by atoms with Gasteiger partial charge in [0, 0.05) is 12.7 Å². The van der Waals surface area contributed by atoms with Crippen molar-refractivity contribution in [3.8, 4) is 0 Å². The third-order valence-electron chi connectivity index (χ3n) is 3.33. The van der Waals surface area contributed by atoms with Crippen LogP contribution in [0.15, 0.2) is 18.3 Å². The molecule has 2 atom stereocenters. The number of aromatic nitrogens is 1. The number of likely N-dealkylation sites (tertiary alicyclic amines) is 1. The fourth-order valence-electron chi connectivity index (χ4n) is 2.18. The van der Waals surface area contributed by atoms with E-state index in [4.69, 9.17) is 11.6 Å². The number of piperidine rings is 1. The number of aliphatic hydroxyl groups is 1. The highest BCUT2D eigenvalue weighted by Crippen LogP contribution is 2.15. The maximum Gasteiger partial charge on any atom is 0.242 e. The standard InChI is InChI=1S/C13H18ClN3O2/c1-9(17-6-2-3-11(18)8-17)13(19)16-12-5-4-10(14)7-15-12/h4-5,7,9,11,18H,2-3,6,8H2,1H3,(H,15,16,19)/t9-,11+/m0/s1. The van der Waals surface area contributed by atoms with Crippen molar-refractivity contribution in [3.63, 3.8) is 0 Å². The van der Waals surface area contributed by atoms with Crippen molar-refractivity contribution in [2.75, 3.05) is 18.4 Å². The Morgan fingerprint density at radius 1 is 1.63 bits per heavy atom. The van der Waals surface area contributed by atoms with Crippen LogP contribution in [0.4, 0.5) is 5.82 Å². The van der Waals surface area contributed by atoms with E-state index in [0.717, 1.165) is 19.4 Å². The number of nitrogens with one attached hydrogen (secondary N) is 1. The molecule has 0 bridgehead atoms. The van der Waals surface area contributed by atoms with Crippen molar-refractivity contribution >= 4 is 23.3 Å². The van der Waals surface area contributed by atoms with E-state index in [0.29, 0.717) is 17.4 Å². The molecule has 1 aliphatic heterocycles. The molecule has 6 heteroatoms. The van der Waals surface area contributed by atoms with Crippen LogP contribution >= 0.6 is 11.6 Å². The van der Waals surface area contributed by atoms with Crippen LogP contribution in [0.25, 0.3) is 0 Å². The molecule has 2 N–H and O–H groups in total.